The zero-order valence-corrected chi connectivity index (χ0v) is 13.7. The van der Waals surface area contributed by atoms with Crippen LogP contribution in [0.4, 0.5) is 5.69 Å². The number of carbonyl (C=O) groups is 1. The molecule has 0 unspecified atom stereocenters. The van der Waals surface area contributed by atoms with Gasteiger partial charge in [-0.15, -0.1) is 5.10 Å². The Kier molecular flexibility index (Phi) is 4.56. The summed E-state index contributed by atoms with van der Waals surface area (Å²) >= 11 is 0. The summed E-state index contributed by atoms with van der Waals surface area (Å²) < 4.78 is 1.70. The minimum Gasteiger partial charge on any atom is -0.378 e. The molecule has 0 fully saturated rings. The number of rotatable bonds is 5. The van der Waals surface area contributed by atoms with Crippen molar-refractivity contribution in [3.63, 3.8) is 0 Å². The molecule has 0 saturated carbocycles. The van der Waals surface area contributed by atoms with Crippen molar-refractivity contribution in [2.75, 3.05) is 19.0 Å². The van der Waals surface area contributed by atoms with E-state index in [1.165, 1.54) is 0 Å². The molecule has 0 bridgehead atoms. The van der Waals surface area contributed by atoms with E-state index in [9.17, 15) is 4.79 Å². The minimum atomic E-state index is -0.125. The largest absolute Gasteiger partial charge is 0.378 e. The van der Waals surface area contributed by atoms with Gasteiger partial charge in [0.25, 0.3) is 5.91 Å². The summed E-state index contributed by atoms with van der Waals surface area (Å²) in [4.78, 5) is 14.1. The van der Waals surface area contributed by atoms with Crippen LogP contribution in [0, 0.1) is 0 Å². The number of nitrogens with one attached hydrogen (secondary N) is 1. The van der Waals surface area contributed by atoms with E-state index in [2.05, 4.69) is 15.6 Å². The molecule has 2 aromatic carbocycles. The molecule has 1 heterocycles. The fourth-order valence-corrected chi connectivity index (χ4v) is 2.27. The topological polar surface area (TPSA) is 63.0 Å². The first-order valence-electron chi connectivity index (χ1n) is 7.66. The lowest BCUT2D eigenvalue weighted by molar-refractivity contribution is 0.0950. The Morgan fingerprint density at radius 2 is 1.79 bits per heavy atom. The van der Waals surface area contributed by atoms with Crippen molar-refractivity contribution in [1.82, 2.24) is 20.3 Å². The van der Waals surface area contributed by atoms with Gasteiger partial charge in [-0.2, -0.15) is 0 Å². The third-order valence-corrected chi connectivity index (χ3v) is 3.64. The van der Waals surface area contributed by atoms with E-state index in [-0.39, 0.29) is 5.91 Å². The summed E-state index contributed by atoms with van der Waals surface area (Å²) in [7, 11) is 4.00. The number of amides is 1. The van der Waals surface area contributed by atoms with Gasteiger partial charge < -0.3 is 10.2 Å². The predicted molar refractivity (Wildman–Crippen MR) is 93.3 cm³/mol. The molecule has 0 radical (unpaired) electrons. The first-order valence-corrected chi connectivity index (χ1v) is 7.66. The van der Waals surface area contributed by atoms with Crippen LogP contribution >= 0.6 is 0 Å². The third kappa shape index (κ3) is 3.60. The first kappa shape index (κ1) is 15.7. The third-order valence-electron chi connectivity index (χ3n) is 3.64. The van der Waals surface area contributed by atoms with Crippen LogP contribution in [0.3, 0.4) is 0 Å². The van der Waals surface area contributed by atoms with Crippen LogP contribution in [0.25, 0.3) is 5.69 Å². The van der Waals surface area contributed by atoms with Crippen molar-refractivity contribution >= 4 is 11.6 Å². The highest BCUT2D eigenvalue weighted by Crippen LogP contribution is 2.14. The van der Waals surface area contributed by atoms with E-state index >= 15 is 0 Å². The first-order chi connectivity index (χ1) is 11.6. The number of hydrogen-bond acceptors (Lipinski definition) is 4. The summed E-state index contributed by atoms with van der Waals surface area (Å²) in [5.74, 6) is -0.125. The Morgan fingerprint density at radius 3 is 2.46 bits per heavy atom. The molecule has 6 heteroatoms. The van der Waals surface area contributed by atoms with Crippen molar-refractivity contribution in [1.29, 1.82) is 0 Å². The number of carbonyl (C=O) groups excluding carboxylic acids is 1. The molecule has 6 nitrogen and oxygen atoms in total. The van der Waals surface area contributed by atoms with Gasteiger partial charge in [0, 0.05) is 25.3 Å². The summed E-state index contributed by atoms with van der Waals surface area (Å²) in [6.45, 7) is 0.337. The van der Waals surface area contributed by atoms with Crippen LogP contribution in [0.15, 0.2) is 60.8 Å². The number of nitrogens with zero attached hydrogens (tertiary/aromatic N) is 4. The van der Waals surface area contributed by atoms with E-state index < -0.39 is 0 Å². The molecular formula is C18H19N5O. The monoisotopic (exact) mass is 321 g/mol. The van der Waals surface area contributed by atoms with Crippen LogP contribution < -0.4 is 10.2 Å². The number of aromatic nitrogens is 3. The van der Waals surface area contributed by atoms with E-state index in [0.29, 0.717) is 17.8 Å². The smallest absolute Gasteiger partial charge is 0.251 e. The number of hydrogen-bond donors (Lipinski definition) is 1. The van der Waals surface area contributed by atoms with E-state index in [1.807, 2.05) is 67.7 Å². The molecule has 0 aliphatic heterocycles. The molecule has 1 amide bonds. The van der Waals surface area contributed by atoms with E-state index in [1.54, 1.807) is 16.8 Å². The second-order valence-electron chi connectivity index (χ2n) is 5.61. The highest BCUT2D eigenvalue weighted by molar-refractivity contribution is 5.94. The van der Waals surface area contributed by atoms with Crippen LogP contribution in [0.5, 0.6) is 0 Å². The summed E-state index contributed by atoms with van der Waals surface area (Å²) in [6.07, 6.45) is 1.82. The van der Waals surface area contributed by atoms with Gasteiger partial charge in [0.15, 0.2) is 0 Å². The number of benzene rings is 2. The molecule has 24 heavy (non-hydrogen) atoms. The van der Waals surface area contributed by atoms with Crippen LogP contribution in [0.1, 0.15) is 16.1 Å². The second-order valence-corrected chi connectivity index (χ2v) is 5.61. The zero-order valence-electron chi connectivity index (χ0n) is 13.7. The highest BCUT2D eigenvalue weighted by Gasteiger charge is 2.07. The van der Waals surface area contributed by atoms with Crippen LogP contribution in [0.2, 0.25) is 0 Å². The van der Waals surface area contributed by atoms with Gasteiger partial charge in [0.1, 0.15) is 5.69 Å². The van der Waals surface area contributed by atoms with Gasteiger partial charge in [-0.05, 0) is 36.4 Å². The SMILES string of the molecule is CN(C)c1ccc(-n2cc(CNC(=O)c3ccccc3)nn2)cc1. The van der Waals surface area contributed by atoms with Gasteiger partial charge in [0.05, 0.1) is 18.4 Å². The minimum absolute atomic E-state index is 0.125. The average molecular weight is 321 g/mol. The van der Waals surface area contributed by atoms with Gasteiger partial charge in [-0.3, -0.25) is 4.79 Å². The lowest BCUT2D eigenvalue weighted by Crippen LogP contribution is -2.22. The molecule has 122 valence electrons. The van der Waals surface area contributed by atoms with Gasteiger partial charge >= 0.3 is 0 Å². The van der Waals surface area contributed by atoms with Gasteiger partial charge in [-0.25, -0.2) is 4.68 Å². The van der Waals surface area contributed by atoms with E-state index in [0.717, 1.165) is 11.4 Å². The fourth-order valence-electron chi connectivity index (χ4n) is 2.27. The van der Waals surface area contributed by atoms with Crippen molar-refractivity contribution in [3.05, 3.63) is 72.1 Å². The normalized spacial score (nSPS) is 10.4. The lowest BCUT2D eigenvalue weighted by Gasteiger charge is -2.12. The van der Waals surface area contributed by atoms with Crippen molar-refractivity contribution < 1.29 is 4.79 Å². The van der Waals surface area contributed by atoms with Gasteiger partial charge in [0.2, 0.25) is 0 Å². The molecule has 0 spiro atoms. The van der Waals surface area contributed by atoms with Crippen LogP contribution in [-0.4, -0.2) is 35.0 Å². The Labute approximate surface area is 140 Å². The molecule has 1 N–H and O–H groups in total. The molecule has 1 aromatic heterocycles. The maximum absolute atomic E-state index is 12.0. The molecule has 3 aromatic rings. The Balaban J connectivity index is 1.64. The predicted octanol–water partition coefficient (Wildman–Crippen LogP) is 2.26. The Hall–Kier alpha value is -3.15. The summed E-state index contributed by atoms with van der Waals surface area (Å²) in [6, 6.07) is 17.1. The second kappa shape index (κ2) is 6.95. The lowest BCUT2D eigenvalue weighted by atomic mass is 10.2. The maximum atomic E-state index is 12.0. The Morgan fingerprint density at radius 1 is 1.08 bits per heavy atom. The van der Waals surface area contributed by atoms with E-state index in [4.69, 9.17) is 0 Å². The molecule has 0 atom stereocenters. The standard InChI is InChI=1S/C18H19N5O/c1-22(2)16-8-10-17(11-9-16)23-13-15(20-21-23)12-19-18(24)14-6-4-3-5-7-14/h3-11,13H,12H2,1-2H3,(H,19,24). The quantitative estimate of drug-likeness (QED) is 0.783. The number of anilines is 1. The molecule has 0 aliphatic carbocycles. The van der Waals surface area contributed by atoms with Crippen LogP contribution in [-0.2, 0) is 6.54 Å². The maximum Gasteiger partial charge on any atom is 0.251 e. The molecule has 0 saturated heterocycles. The van der Waals surface area contributed by atoms with Crippen molar-refractivity contribution in [3.8, 4) is 5.69 Å². The average Bonchev–Trinajstić information content (AvgIpc) is 3.09. The van der Waals surface area contributed by atoms with Crippen molar-refractivity contribution in [2.24, 2.45) is 0 Å². The molecular weight excluding hydrogens is 302 g/mol. The highest BCUT2D eigenvalue weighted by atomic mass is 16.1. The summed E-state index contributed by atoms with van der Waals surface area (Å²) in [5, 5.41) is 11.1. The molecule has 3 rings (SSSR count). The zero-order chi connectivity index (χ0) is 16.9. The summed E-state index contributed by atoms with van der Waals surface area (Å²) in [5.41, 5.74) is 3.38. The van der Waals surface area contributed by atoms with Gasteiger partial charge in [-0.1, -0.05) is 23.4 Å². The Bertz CT molecular complexity index is 809. The van der Waals surface area contributed by atoms with Crippen molar-refractivity contribution in [2.45, 2.75) is 6.54 Å². The molecule has 0 aliphatic rings. The fraction of sp³-hybridized carbons (Fsp3) is 0.167.